The minimum atomic E-state index is 0.0172. The molecule has 0 spiro atoms. The zero-order chi connectivity index (χ0) is 13.4. The lowest BCUT2D eigenvalue weighted by Crippen LogP contribution is -2.35. The van der Waals surface area contributed by atoms with Crippen LogP contribution in [0, 0.1) is 0 Å². The zero-order valence-corrected chi connectivity index (χ0v) is 11.8. The van der Waals surface area contributed by atoms with Crippen molar-refractivity contribution < 1.29 is 14.1 Å². The van der Waals surface area contributed by atoms with E-state index in [9.17, 15) is 4.79 Å². The summed E-state index contributed by atoms with van der Waals surface area (Å²) >= 11 is 0. The Morgan fingerprint density at radius 1 is 1.42 bits per heavy atom. The highest BCUT2D eigenvalue weighted by Crippen LogP contribution is 2.38. The molecule has 0 radical (unpaired) electrons. The third kappa shape index (κ3) is 1.98. The fourth-order valence-corrected chi connectivity index (χ4v) is 2.78. The summed E-state index contributed by atoms with van der Waals surface area (Å²) in [6, 6.07) is 3.55. The molecule has 100 valence electrons. The minimum Gasteiger partial charge on any atom is -0.493 e. The molecule has 1 saturated heterocycles. The van der Waals surface area contributed by atoms with E-state index in [2.05, 4.69) is 14.5 Å². The number of methoxy groups -OCH3 is 1. The molecule has 2 aliphatic rings. The Labute approximate surface area is 113 Å². The van der Waals surface area contributed by atoms with Gasteiger partial charge < -0.3 is 14.2 Å². The summed E-state index contributed by atoms with van der Waals surface area (Å²) in [7, 11) is 3.73. The first-order chi connectivity index (χ1) is 9.24. The second kappa shape index (κ2) is 4.82. The van der Waals surface area contributed by atoms with Crippen molar-refractivity contribution in [1.82, 2.24) is 4.90 Å². The first-order valence-electron chi connectivity index (χ1n) is 6.18. The highest BCUT2D eigenvalue weighted by molar-refractivity contribution is 7.10. The van der Waals surface area contributed by atoms with Gasteiger partial charge in [0.15, 0.2) is 11.5 Å². The number of carbonyl (C=O) groups is 1. The lowest BCUT2D eigenvalue weighted by atomic mass is 10.1. The van der Waals surface area contributed by atoms with Gasteiger partial charge in [-0.05, 0) is 18.9 Å². The highest BCUT2D eigenvalue weighted by Gasteiger charge is 2.32. The van der Waals surface area contributed by atoms with Crippen LogP contribution < -0.4 is 9.26 Å². The maximum Gasteiger partial charge on any atom is 0.256 e. The van der Waals surface area contributed by atoms with Crippen LogP contribution in [0.15, 0.2) is 17.1 Å². The van der Waals surface area contributed by atoms with Gasteiger partial charge in [0.25, 0.3) is 5.91 Å². The minimum absolute atomic E-state index is 0.0172. The largest absolute Gasteiger partial charge is 0.493 e. The topological polar surface area (TPSA) is 51.1 Å². The Kier molecular flexibility index (Phi) is 3.15. The molecule has 0 aromatic heterocycles. The molecule has 0 bridgehead atoms. The van der Waals surface area contributed by atoms with Gasteiger partial charge in [0, 0.05) is 18.8 Å². The summed E-state index contributed by atoms with van der Waals surface area (Å²) in [5.41, 5.74) is 1.21. The average molecular weight is 278 g/mol. The van der Waals surface area contributed by atoms with Crippen molar-refractivity contribution in [3.05, 3.63) is 17.7 Å². The molecule has 0 N–H and O–H groups in total. The molecule has 3 rings (SSSR count). The third-order valence-corrected chi connectivity index (χ3v) is 3.84. The average Bonchev–Trinajstić information content (AvgIpc) is 2.87. The van der Waals surface area contributed by atoms with Crippen LogP contribution >= 0.6 is 9.47 Å². The Morgan fingerprint density at radius 3 is 3.00 bits per heavy atom. The van der Waals surface area contributed by atoms with Gasteiger partial charge in [0.1, 0.15) is 0 Å². The fourth-order valence-electron chi connectivity index (χ4n) is 2.60. The SMILES string of the molecule is COc1cc2c(cc1OP)N=CC1CCCN1C2=O. The molecule has 2 atom stereocenters. The van der Waals surface area contributed by atoms with Crippen LogP contribution in [-0.4, -0.2) is 36.7 Å². The van der Waals surface area contributed by atoms with E-state index in [-0.39, 0.29) is 11.9 Å². The zero-order valence-electron chi connectivity index (χ0n) is 10.6. The Bertz CT molecular complexity index is 559. The number of amides is 1. The first kappa shape index (κ1) is 12.4. The number of aliphatic imine (C=N–C) groups is 1. The molecule has 1 aromatic carbocycles. The molecule has 2 aliphatic heterocycles. The van der Waals surface area contributed by atoms with Crippen molar-refractivity contribution in [2.45, 2.75) is 18.9 Å². The van der Waals surface area contributed by atoms with Gasteiger partial charge in [0.2, 0.25) is 0 Å². The van der Waals surface area contributed by atoms with Crippen LogP contribution in [0.4, 0.5) is 5.69 Å². The van der Waals surface area contributed by atoms with Crippen LogP contribution in [0.3, 0.4) is 0 Å². The molecule has 1 amide bonds. The van der Waals surface area contributed by atoms with Crippen LogP contribution in [-0.2, 0) is 0 Å². The van der Waals surface area contributed by atoms with Gasteiger partial charge in [-0.25, -0.2) is 0 Å². The van der Waals surface area contributed by atoms with Gasteiger partial charge in [0.05, 0.1) is 33.9 Å². The number of ether oxygens (including phenoxy) is 1. The predicted octanol–water partition coefficient (Wildman–Crippen LogP) is 2.18. The molecule has 5 nitrogen and oxygen atoms in total. The summed E-state index contributed by atoms with van der Waals surface area (Å²) in [4.78, 5) is 18.8. The number of hydrogen-bond donors (Lipinski definition) is 0. The normalized spacial score (nSPS) is 20.8. The number of benzene rings is 1. The second-order valence-corrected chi connectivity index (χ2v) is 4.86. The lowest BCUT2D eigenvalue weighted by molar-refractivity contribution is 0.0774. The smallest absolute Gasteiger partial charge is 0.256 e. The van der Waals surface area contributed by atoms with Crippen molar-refractivity contribution in [1.29, 1.82) is 0 Å². The van der Waals surface area contributed by atoms with Crippen LogP contribution in [0.2, 0.25) is 0 Å². The number of carbonyl (C=O) groups excluding carboxylic acids is 1. The second-order valence-electron chi connectivity index (χ2n) is 4.62. The molecule has 19 heavy (non-hydrogen) atoms. The van der Waals surface area contributed by atoms with Crippen LogP contribution in [0.5, 0.6) is 11.5 Å². The van der Waals surface area contributed by atoms with Crippen LogP contribution in [0.25, 0.3) is 0 Å². The van der Waals surface area contributed by atoms with E-state index in [0.29, 0.717) is 22.7 Å². The summed E-state index contributed by atoms with van der Waals surface area (Å²) in [6.45, 7) is 0.791. The van der Waals surface area contributed by atoms with Crippen molar-refractivity contribution in [2.75, 3.05) is 13.7 Å². The lowest BCUT2D eigenvalue weighted by Gasteiger charge is -2.20. The molecule has 2 heterocycles. The highest BCUT2D eigenvalue weighted by atomic mass is 31.0. The molecular formula is C13H15N2O3P. The Morgan fingerprint density at radius 2 is 2.26 bits per heavy atom. The molecule has 0 aliphatic carbocycles. The monoisotopic (exact) mass is 278 g/mol. The first-order valence-corrected chi connectivity index (χ1v) is 6.65. The van der Waals surface area contributed by atoms with Gasteiger partial charge >= 0.3 is 0 Å². The van der Waals surface area contributed by atoms with E-state index in [4.69, 9.17) is 9.26 Å². The molecule has 2 unspecified atom stereocenters. The van der Waals surface area contributed by atoms with Crippen molar-refractivity contribution in [3.63, 3.8) is 0 Å². The Balaban J connectivity index is 2.12. The molecular weight excluding hydrogens is 263 g/mol. The van der Waals surface area contributed by atoms with Gasteiger partial charge in [-0.15, -0.1) is 0 Å². The van der Waals surface area contributed by atoms with Crippen molar-refractivity contribution >= 4 is 27.3 Å². The molecule has 1 aromatic rings. The van der Waals surface area contributed by atoms with E-state index in [1.165, 1.54) is 0 Å². The molecule has 1 fully saturated rings. The fraction of sp³-hybridized carbons (Fsp3) is 0.385. The van der Waals surface area contributed by atoms with E-state index < -0.39 is 0 Å². The van der Waals surface area contributed by atoms with Gasteiger partial charge in [-0.1, -0.05) is 0 Å². The quantitative estimate of drug-likeness (QED) is 0.779. The summed E-state index contributed by atoms with van der Waals surface area (Å²) in [6.07, 6.45) is 3.87. The number of rotatable bonds is 2. The predicted molar refractivity (Wildman–Crippen MR) is 75.5 cm³/mol. The van der Waals surface area contributed by atoms with Crippen molar-refractivity contribution in [2.24, 2.45) is 4.99 Å². The molecule has 6 heteroatoms. The summed E-state index contributed by atoms with van der Waals surface area (Å²) < 4.78 is 10.4. The van der Waals surface area contributed by atoms with Gasteiger partial charge in [-0.3, -0.25) is 9.79 Å². The maximum absolute atomic E-state index is 12.5. The number of fused-ring (bicyclic) bond motifs is 2. The van der Waals surface area contributed by atoms with E-state index >= 15 is 0 Å². The third-order valence-electron chi connectivity index (χ3n) is 3.59. The molecule has 0 saturated carbocycles. The summed E-state index contributed by atoms with van der Waals surface area (Å²) in [5, 5.41) is 0. The van der Waals surface area contributed by atoms with E-state index in [0.717, 1.165) is 19.4 Å². The van der Waals surface area contributed by atoms with E-state index in [1.54, 1.807) is 19.2 Å². The standard InChI is InChI=1S/C13H15N2O3P/c1-17-11-5-9-10(6-12(11)18-19)14-7-8-3-2-4-15(8)13(9)16/h5-8H,2-4,19H2,1H3. The summed E-state index contributed by atoms with van der Waals surface area (Å²) in [5.74, 6) is 1.11. The van der Waals surface area contributed by atoms with E-state index in [1.807, 2.05) is 11.1 Å². The van der Waals surface area contributed by atoms with Crippen molar-refractivity contribution in [3.8, 4) is 11.5 Å². The number of hydrogen-bond acceptors (Lipinski definition) is 4. The maximum atomic E-state index is 12.5. The Hall–Kier alpha value is -1.61. The van der Waals surface area contributed by atoms with Crippen LogP contribution in [0.1, 0.15) is 23.2 Å². The van der Waals surface area contributed by atoms with Gasteiger partial charge in [-0.2, -0.15) is 0 Å². The number of nitrogens with zero attached hydrogens (tertiary/aromatic N) is 2.